The summed E-state index contributed by atoms with van der Waals surface area (Å²) in [4.78, 5) is 43.2. The van der Waals surface area contributed by atoms with Gasteiger partial charge in [0.15, 0.2) is 5.76 Å². The van der Waals surface area contributed by atoms with Crippen molar-refractivity contribution < 1.29 is 32.3 Å². The van der Waals surface area contributed by atoms with Crippen molar-refractivity contribution in [2.75, 3.05) is 10.3 Å². The molecular weight excluding hydrogens is 604 g/mol. The predicted octanol–water partition coefficient (Wildman–Crippen LogP) is 4.59. The maximum Gasteiger partial charge on any atom is 0.491 e. The number of carbonyl (C=O) groups is 3. The molecule has 218 valence electrons. The highest BCUT2D eigenvalue weighted by molar-refractivity contribution is 6.32. The molecule has 3 aromatic rings. The van der Waals surface area contributed by atoms with Gasteiger partial charge in [-0.15, -0.1) is 5.11 Å². The van der Waals surface area contributed by atoms with E-state index in [4.69, 9.17) is 23.2 Å². The number of anilines is 2. The number of esters is 1. The van der Waals surface area contributed by atoms with Crippen LogP contribution in [-0.2, 0) is 32.1 Å². The molecule has 0 spiro atoms. The molecule has 1 atom stereocenters. The van der Waals surface area contributed by atoms with Crippen LogP contribution in [0.5, 0.6) is 0 Å². The average molecular weight is 623 g/mol. The van der Waals surface area contributed by atoms with Crippen molar-refractivity contribution in [1.82, 2.24) is 20.8 Å². The Morgan fingerprint density at radius 3 is 2.62 bits per heavy atom. The Labute approximate surface area is 244 Å². The number of hydrazine groups is 1. The van der Waals surface area contributed by atoms with Crippen LogP contribution in [0, 0.1) is 0 Å². The molecule has 2 aromatic carbocycles. The van der Waals surface area contributed by atoms with Crippen LogP contribution in [0.15, 0.2) is 58.6 Å². The van der Waals surface area contributed by atoms with E-state index >= 15 is 0 Å². The number of aromatic nitrogens is 2. The Kier molecular flexibility index (Phi) is 8.04. The second-order valence-electron chi connectivity index (χ2n) is 8.93. The number of nitrogens with zero attached hydrogens (tertiary/aromatic N) is 4. The third-order valence-corrected chi connectivity index (χ3v) is 6.60. The molecule has 2 aliphatic rings. The maximum absolute atomic E-state index is 12.9. The molecular formula is C25H19Cl2F3N8O4. The first-order valence-electron chi connectivity index (χ1n) is 12.1. The number of carbonyl (C=O) groups excluding carboxylic acids is 3. The van der Waals surface area contributed by atoms with Crippen molar-refractivity contribution in [1.29, 1.82) is 0 Å². The number of alkyl halides is 4. The number of hydrogen-bond acceptors (Lipinski definition) is 9. The molecule has 2 amide bonds. The number of nitrogens with one attached hydrogen (secondary N) is 4. The van der Waals surface area contributed by atoms with E-state index in [0.29, 0.717) is 35.5 Å². The van der Waals surface area contributed by atoms with Gasteiger partial charge in [-0.1, -0.05) is 46.6 Å². The molecule has 17 heteroatoms. The molecule has 3 heterocycles. The number of imidazole rings is 1. The number of H-pyrrole nitrogens is 1. The summed E-state index contributed by atoms with van der Waals surface area (Å²) in [6.07, 6.45) is -3.48. The van der Waals surface area contributed by atoms with Gasteiger partial charge in [0.05, 0.1) is 12.2 Å². The van der Waals surface area contributed by atoms with Crippen LogP contribution in [0.1, 0.15) is 23.4 Å². The fourth-order valence-corrected chi connectivity index (χ4v) is 4.50. The van der Waals surface area contributed by atoms with E-state index in [1.807, 2.05) is 6.07 Å². The lowest BCUT2D eigenvalue weighted by atomic mass is 9.99. The molecule has 0 saturated heterocycles. The first kappa shape index (κ1) is 28.9. The minimum absolute atomic E-state index is 0.0751. The molecule has 0 radical (unpaired) electrons. The molecule has 0 aliphatic carbocycles. The van der Waals surface area contributed by atoms with E-state index in [-0.39, 0.29) is 29.0 Å². The molecule has 42 heavy (non-hydrogen) atoms. The van der Waals surface area contributed by atoms with Crippen LogP contribution in [0.25, 0.3) is 17.3 Å². The van der Waals surface area contributed by atoms with Crippen LogP contribution in [0.4, 0.5) is 24.5 Å². The molecule has 1 unspecified atom stereocenters. The zero-order valence-electron chi connectivity index (χ0n) is 21.1. The number of benzene rings is 2. The number of amides is 2. The number of halogens is 5. The standard InChI is InChI=1S/C25H19Cl2F3N8O4/c26-21-20(14-3-7-16-13(10-14)4-8-19(39)32-16)33-18(34-21)11-31-22(40)17(42-23(41)25(28,29)30)9-12-1-5-15(6-2-12)38-24(27)35-36-37-38/h1-3,5-7,9-10,24H,4,8,11H2,(H,31,40)(H,32,39)(H,33,34)(H,35,37)/b17-9+. The molecule has 12 nitrogen and oxygen atoms in total. The van der Waals surface area contributed by atoms with Crippen LogP contribution in [0.2, 0.25) is 5.15 Å². The average Bonchev–Trinajstić information content (AvgIpc) is 3.55. The van der Waals surface area contributed by atoms with Gasteiger partial charge in [0.25, 0.3) is 5.91 Å². The molecule has 2 aliphatic heterocycles. The maximum atomic E-state index is 12.9. The Hall–Kier alpha value is -4.63. The highest BCUT2D eigenvalue weighted by Gasteiger charge is 2.42. The fourth-order valence-electron chi connectivity index (χ4n) is 4.04. The minimum Gasteiger partial charge on any atom is -0.414 e. The van der Waals surface area contributed by atoms with Gasteiger partial charge in [-0.25, -0.2) is 14.8 Å². The topological polar surface area (TPSA) is 153 Å². The number of aryl methyl sites for hydroxylation is 1. The SMILES string of the molecule is O=C1CCc2cc(-c3nc(CNC(=O)/C(=C\c4ccc(N5NN=NC5Cl)cc4)OC(=O)C(F)(F)F)[nH]c3Cl)ccc2N1. The molecule has 0 bridgehead atoms. The Morgan fingerprint density at radius 1 is 1.17 bits per heavy atom. The van der Waals surface area contributed by atoms with Crippen LogP contribution in [0.3, 0.4) is 0 Å². The molecule has 0 saturated carbocycles. The lowest BCUT2D eigenvalue weighted by Crippen LogP contribution is -2.34. The van der Waals surface area contributed by atoms with Crippen LogP contribution in [-0.4, -0.2) is 39.6 Å². The Morgan fingerprint density at radius 2 is 1.93 bits per heavy atom. The monoisotopic (exact) mass is 622 g/mol. The van der Waals surface area contributed by atoms with E-state index in [2.05, 4.69) is 41.2 Å². The van der Waals surface area contributed by atoms with Gasteiger partial charge in [-0.2, -0.15) is 18.7 Å². The lowest BCUT2D eigenvalue weighted by Gasteiger charge is -2.18. The largest absolute Gasteiger partial charge is 0.491 e. The van der Waals surface area contributed by atoms with Crippen molar-refractivity contribution in [3.63, 3.8) is 0 Å². The van der Waals surface area contributed by atoms with Crippen molar-refractivity contribution in [3.8, 4) is 11.3 Å². The summed E-state index contributed by atoms with van der Waals surface area (Å²) in [5, 5.41) is 14.0. The Bertz CT molecular complexity index is 1610. The van der Waals surface area contributed by atoms with Gasteiger partial charge in [-0.3, -0.25) is 9.59 Å². The smallest absolute Gasteiger partial charge is 0.414 e. The summed E-state index contributed by atoms with van der Waals surface area (Å²) in [6.45, 7) is -0.288. The van der Waals surface area contributed by atoms with Gasteiger partial charge in [-0.05, 0) is 47.9 Å². The Balaban J connectivity index is 1.31. The van der Waals surface area contributed by atoms with Crippen LogP contribution >= 0.6 is 23.2 Å². The van der Waals surface area contributed by atoms with Gasteiger partial charge in [0.1, 0.15) is 16.7 Å². The molecule has 0 fully saturated rings. The summed E-state index contributed by atoms with van der Waals surface area (Å²) in [6, 6.07) is 11.3. The lowest BCUT2D eigenvalue weighted by molar-refractivity contribution is -0.195. The summed E-state index contributed by atoms with van der Waals surface area (Å²) >= 11 is 12.3. The number of ether oxygens (including phenoxy) is 1. The van der Waals surface area contributed by atoms with Gasteiger partial charge in [0.2, 0.25) is 11.5 Å². The normalized spacial score (nSPS) is 16.5. The third-order valence-electron chi connectivity index (χ3n) is 6.04. The quantitative estimate of drug-likeness (QED) is 0.0988. The summed E-state index contributed by atoms with van der Waals surface area (Å²) in [5.41, 5.74) is 5.12. The molecule has 5 rings (SSSR count). The first-order valence-corrected chi connectivity index (χ1v) is 12.9. The summed E-state index contributed by atoms with van der Waals surface area (Å²) in [7, 11) is 0. The zero-order valence-corrected chi connectivity index (χ0v) is 22.6. The van der Waals surface area contributed by atoms with Crippen LogP contribution < -0.4 is 21.2 Å². The number of hydrogen-bond donors (Lipinski definition) is 4. The van der Waals surface area contributed by atoms with Crippen molar-refractivity contribution in [2.24, 2.45) is 10.3 Å². The zero-order chi connectivity index (χ0) is 30.0. The van der Waals surface area contributed by atoms with Crippen molar-refractivity contribution in [2.45, 2.75) is 31.2 Å². The minimum atomic E-state index is -5.34. The van der Waals surface area contributed by atoms with E-state index in [1.165, 1.54) is 29.3 Å². The highest BCUT2D eigenvalue weighted by atomic mass is 35.5. The first-order chi connectivity index (χ1) is 20.0. The number of aromatic amines is 1. The van der Waals surface area contributed by atoms with E-state index in [0.717, 1.165) is 11.6 Å². The molecule has 1 aromatic heterocycles. The predicted molar refractivity (Wildman–Crippen MR) is 145 cm³/mol. The van der Waals surface area contributed by atoms with Gasteiger partial charge < -0.3 is 20.4 Å². The second-order valence-corrected chi connectivity index (χ2v) is 9.70. The number of fused-ring (bicyclic) bond motifs is 1. The van der Waals surface area contributed by atoms with Gasteiger partial charge in [0, 0.05) is 17.7 Å². The van der Waals surface area contributed by atoms with E-state index < -0.39 is 29.4 Å². The highest BCUT2D eigenvalue weighted by Crippen LogP contribution is 2.31. The van der Waals surface area contributed by atoms with E-state index in [9.17, 15) is 27.6 Å². The van der Waals surface area contributed by atoms with Crippen molar-refractivity contribution >= 4 is 58.4 Å². The summed E-state index contributed by atoms with van der Waals surface area (Å²) in [5.74, 6) is -4.48. The van der Waals surface area contributed by atoms with Crippen molar-refractivity contribution in [3.05, 3.63) is 70.3 Å². The second kappa shape index (κ2) is 11.7. The summed E-state index contributed by atoms with van der Waals surface area (Å²) < 4.78 is 43.2. The van der Waals surface area contributed by atoms with E-state index in [1.54, 1.807) is 12.1 Å². The molecule has 4 N–H and O–H groups in total. The third kappa shape index (κ3) is 6.47. The number of rotatable bonds is 7. The fraction of sp³-hybridized carbons (Fsp3) is 0.200. The van der Waals surface area contributed by atoms with Gasteiger partial charge >= 0.3 is 12.1 Å².